The molecule has 0 spiro atoms. The molecule has 1 rings (SSSR count). The molecule has 7 heteroatoms. The predicted molar refractivity (Wildman–Crippen MR) is 76.3 cm³/mol. The van der Waals surface area contributed by atoms with Crippen LogP contribution in [0.15, 0.2) is 24.3 Å². The van der Waals surface area contributed by atoms with E-state index in [1.807, 2.05) is 0 Å². The second-order valence-electron chi connectivity index (χ2n) is 4.28. The van der Waals surface area contributed by atoms with Crippen molar-refractivity contribution in [3.8, 4) is 0 Å². The minimum Gasteiger partial charge on any atom is -0.466 e. The van der Waals surface area contributed by atoms with E-state index in [1.54, 1.807) is 6.92 Å². The zero-order chi connectivity index (χ0) is 15.0. The Morgan fingerprint density at radius 2 is 1.86 bits per heavy atom. The Labute approximate surface area is 128 Å². The van der Waals surface area contributed by atoms with Gasteiger partial charge in [-0.1, -0.05) is 12.1 Å². The minimum atomic E-state index is -4.30. The van der Waals surface area contributed by atoms with Gasteiger partial charge in [-0.05, 0) is 37.6 Å². The topological polar surface area (TPSA) is 38.3 Å². The number of carbonyl (C=O) groups is 1. The van der Waals surface area contributed by atoms with Crippen molar-refractivity contribution >= 4 is 18.4 Å². The molecule has 1 aromatic carbocycles. The van der Waals surface area contributed by atoms with E-state index in [9.17, 15) is 18.0 Å². The van der Waals surface area contributed by atoms with E-state index in [2.05, 4.69) is 5.32 Å². The average molecular weight is 326 g/mol. The Bertz CT molecular complexity index is 421. The lowest BCUT2D eigenvalue weighted by Gasteiger charge is -2.08. The molecular formula is C14H19ClF3NO2. The molecule has 0 amide bonds. The van der Waals surface area contributed by atoms with E-state index in [4.69, 9.17) is 4.74 Å². The smallest absolute Gasteiger partial charge is 0.416 e. The second-order valence-corrected chi connectivity index (χ2v) is 4.28. The minimum absolute atomic E-state index is 0. The van der Waals surface area contributed by atoms with Crippen molar-refractivity contribution in [1.82, 2.24) is 5.32 Å². The van der Waals surface area contributed by atoms with Gasteiger partial charge < -0.3 is 10.1 Å². The summed E-state index contributed by atoms with van der Waals surface area (Å²) < 4.78 is 41.8. The zero-order valence-corrected chi connectivity index (χ0v) is 12.5. The van der Waals surface area contributed by atoms with Crippen molar-refractivity contribution in [2.24, 2.45) is 0 Å². The molecule has 3 nitrogen and oxygen atoms in total. The van der Waals surface area contributed by atoms with Crippen LogP contribution in [0.4, 0.5) is 13.2 Å². The van der Waals surface area contributed by atoms with Gasteiger partial charge in [0, 0.05) is 13.0 Å². The van der Waals surface area contributed by atoms with Crippen molar-refractivity contribution in [2.45, 2.75) is 32.5 Å². The SMILES string of the molecule is CCOC(=O)CCCNCc1ccc(C(F)(F)F)cc1.Cl. The van der Waals surface area contributed by atoms with E-state index >= 15 is 0 Å². The molecule has 0 aliphatic rings. The number of nitrogens with one attached hydrogen (secondary N) is 1. The molecule has 1 N–H and O–H groups in total. The molecule has 21 heavy (non-hydrogen) atoms. The number of carbonyl (C=O) groups excluding carboxylic acids is 1. The molecule has 0 bridgehead atoms. The molecule has 0 saturated heterocycles. The van der Waals surface area contributed by atoms with Crippen LogP contribution in [0.5, 0.6) is 0 Å². The van der Waals surface area contributed by atoms with Gasteiger partial charge in [0.15, 0.2) is 0 Å². The summed E-state index contributed by atoms with van der Waals surface area (Å²) in [5.41, 5.74) is 0.123. The fourth-order valence-electron chi connectivity index (χ4n) is 1.64. The normalized spacial score (nSPS) is 10.9. The van der Waals surface area contributed by atoms with Gasteiger partial charge in [-0.25, -0.2) is 0 Å². The molecule has 0 unspecified atom stereocenters. The van der Waals surface area contributed by atoms with Crippen LogP contribution in [0, 0.1) is 0 Å². The Balaban J connectivity index is 0.00000400. The fraction of sp³-hybridized carbons (Fsp3) is 0.500. The summed E-state index contributed by atoms with van der Waals surface area (Å²) in [6.07, 6.45) is -3.32. The Kier molecular flexibility index (Phi) is 9.05. The Hall–Kier alpha value is -1.27. The van der Waals surface area contributed by atoms with Crippen LogP contribution in [-0.2, 0) is 22.3 Å². The van der Waals surface area contributed by atoms with E-state index in [0.29, 0.717) is 32.5 Å². The summed E-state index contributed by atoms with van der Waals surface area (Å²) in [4.78, 5) is 11.1. The number of hydrogen-bond acceptors (Lipinski definition) is 3. The van der Waals surface area contributed by atoms with E-state index in [0.717, 1.165) is 17.7 Å². The van der Waals surface area contributed by atoms with Crippen molar-refractivity contribution in [1.29, 1.82) is 0 Å². The Morgan fingerprint density at radius 1 is 1.24 bits per heavy atom. The highest BCUT2D eigenvalue weighted by atomic mass is 35.5. The number of alkyl halides is 3. The van der Waals surface area contributed by atoms with Gasteiger partial charge >= 0.3 is 12.1 Å². The molecular weight excluding hydrogens is 307 g/mol. The fourth-order valence-corrected chi connectivity index (χ4v) is 1.64. The zero-order valence-electron chi connectivity index (χ0n) is 11.7. The van der Waals surface area contributed by atoms with Crippen molar-refractivity contribution < 1.29 is 22.7 Å². The van der Waals surface area contributed by atoms with Crippen LogP contribution < -0.4 is 5.32 Å². The highest BCUT2D eigenvalue weighted by Gasteiger charge is 2.29. The first kappa shape index (κ1) is 19.7. The number of rotatable bonds is 7. The molecule has 0 saturated carbocycles. The standard InChI is InChI=1S/C14H18F3NO2.ClH/c1-2-20-13(19)4-3-9-18-10-11-5-7-12(8-6-11)14(15,16)17;/h5-8,18H,2-4,9-10H2,1H3;1H. The lowest BCUT2D eigenvalue weighted by molar-refractivity contribution is -0.143. The summed E-state index contributed by atoms with van der Waals surface area (Å²) in [5, 5.41) is 3.07. The van der Waals surface area contributed by atoms with Gasteiger partial charge in [-0.2, -0.15) is 13.2 Å². The van der Waals surface area contributed by atoms with Crippen LogP contribution in [0.25, 0.3) is 0 Å². The van der Waals surface area contributed by atoms with Gasteiger partial charge in [0.25, 0.3) is 0 Å². The third-order valence-corrected chi connectivity index (χ3v) is 2.65. The second kappa shape index (κ2) is 9.63. The summed E-state index contributed by atoms with van der Waals surface area (Å²) in [6.45, 7) is 3.21. The first-order valence-corrected chi connectivity index (χ1v) is 6.46. The van der Waals surface area contributed by atoms with E-state index in [-0.39, 0.29) is 18.4 Å². The lowest BCUT2D eigenvalue weighted by Crippen LogP contribution is -2.16. The highest BCUT2D eigenvalue weighted by Crippen LogP contribution is 2.28. The first-order chi connectivity index (χ1) is 9.43. The predicted octanol–water partition coefficient (Wildman–Crippen LogP) is 3.56. The molecule has 0 aromatic heterocycles. The van der Waals surface area contributed by atoms with Crippen molar-refractivity contribution in [3.63, 3.8) is 0 Å². The third kappa shape index (κ3) is 7.92. The summed E-state index contributed by atoms with van der Waals surface area (Å²) >= 11 is 0. The maximum atomic E-state index is 12.4. The first-order valence-electron chi connectivity index (χ1n) is 6.46. The average Bonchev–Trinajstić information content (AvgIpc) is 2.38. The molecule has 0 atom stereocenters. The van der Waals surface area contributed by atoms with Crippen LogP contribution in [0.2, 0.25) is 0 Å². The maximum absolute atomic E-state index is 12.4. The number of halogens is 4. The van der Waals surface area contributed by atoms with E-state index < -0.39 is 11.7 Å². The van der Waals surface area contributed by atoms with Gasteiger partial charge in [-0.15, -0.1) is 12.4 Å². The molecule has 0 fully saturated rings. The molecule has 0 aliphatic carbocycles. The van der Waals surface area contributed by atoms with Crippen molar-refractivity contribution in [2.75, 3.05) is 13.2 Å². The third-order valence-electron chi connectivity index (χ3n) is 2.65. The van der Waals surface area contributed by atoms with Crippen LogP contribution in [-0.4, -0.2) is 19.1 Å². The number of benzene rings is 1. The highest BCUT2D eigenvalue weighted by molar-refractivity contribution is 5.85. The Morgan fingerprint density at radius 3 is 2.38 bits per heavy atom. The molecule has 0 radical (unpaired) electrons. The summed E-state index contributed by atoms with van der Waals surface area (Å²) in [7, 11) is 0. The summed E-state index contributed by atoms with van der Waals surface area (Å²) in [6, 6.07) is 5.02. The molecule has 1 aromatic rings. The maximum Gasteiger partial charge on any atom is 0.416 e. The van der Waals surface area contributed by atoms with Gasteiger partial charge in [0.2, 0.25) is 0 Å². The number of ether oxygens (including phenoxy) is 1. The van der Waals surface area contributed by atoms with E-state index in [1.165, 1.54) is 12.1 Å². The van der Waals surface area contributed by atoms with Crippen LogP contribution in [0.3, 0.4) is 0 Å². The molecule has 0 heterocycles. The molecule has 0 aliphatic heterocycles. The quantitative estimate of drug-likeness (QED) is 0.615. The summed E-state index contributed by atoms with van der Waals surface area (Å²) in [5.74, 6) is -0.233. The van der Waals surface area contributed by atoms with Crippen LogP contribution >= 0.6 is 12.4 Å². The lowest BCUT2D eigenvalue weighted by atomic mass is 10.1. The molecule has 120 valence electrons. The largest absolute Gasteiger partial charge is 0.466 e. The monoisotopic (exact) mass is 325 g/mol. The number of hydrogen-bond donors (Lipinski definition) is 1. The van der Waals surface area contributed by atoms with Gasteiger partial charge in [0.05, 0.1) is 12.2 Å². The number of esters is 1. The van der Waals surface area contributed by atoms with Gasteiger partial charge in [-0.3, -0.25) is 4.79 Å². The van der Waals surface area contributed by atoms with Crippen LogP contribution in [0.1, 0.15) is 30.9 Å². The van der Waals surface area contributed by atoms with Crippen molar-refractivity contribution in [3.05, 3.63) is 35.4 Å². The van der Waals surface area contributed by atoms with Gasteiger partial charge in [0.1, 0.15) is 0 Å².